The lowest BCUT2D eigenvalue weighted by molar-refractivity contribution is -0.125. The van der Waals surface area contributed by atoms with Crippen molar-refractivity contribution in [1.82, 2.24) is 9.79 Å². The van der Waals surface area contributed by atoms with Gasteiger partial charge < -0.3 is 10.7 Å². The number of amides is 1. The van der Waals surface area contributed by atoms with Crippen LogP contribution < -0.4 is 5.48 Å². The van der Waals surface area contributed by atoms with Crippen LogP contribution in [-0.2, 0) is 21.4 Å². The van der Waals surface area contributed by atoms with Crippen LogP contribution in [0.5, 0.6) is 0 Å². The molecule has 0 spiro atoms. The van der Waals surface area contributed by atoms with Gasteiger partial charge in [-0.15, -0.1) is 0 Å². The molecule has 0 aromatic heterocycles. The van der Waals surface area contributed by atoms with E-state index in [2.05, 4.69) is 0 Å². The summed E-state index contributed by atoms with van der Waals surface area (Å²) in [6, 6.07) is 13.4. The van der Waals surface area contributed by atoms with E-state index in [9.17, 15) is 18.4 Å². The Bertz CT molecular complexity index is 975. The summed E-state index contributed by atoms with van der Waals surface area (Å²) >= 11 is 12.1. The third-order valence-corrected chi connectivity index (χ3v) is 8.07. The minimum Gasteiger partial charge on any atom is -0.759 e. The van der Waals surface area contributed by atoms with Crippen LogP contribution >= 0.6 is 23.2 Å². The first-order chi connectivity index (χ1) is 14.3. The van der Waals surface area contributed by atoms with Crippen LogP contribution in [0.1, 0.15) is 31.2 Å². The maximum absolute atomic E-state index is 13.4. The van der Waals surface area contributed by atoms with E-state index >= 15 is 0 Å². The van der Waals surface area contributed by atoms with Crippen molar-refractivity contribution >= 4 is 39.1 Å². The highest BCUT2D eigenvalue weighted by molar-refractivity contribution is 7.89. The minimum absolute atomic E-state index is 0.0695. The van der Waals surface area contributed by atoms with Crippen molar-refractivity contribution in [2.75, 3.05) is 6.54 Å². The van der Waals surface area contributed by atoms with Crippen LogP contribution in [0.15, 0.2) is 53.4 Å². The van der Waals surface area contributed by atoms with Gasteiger partial charge in [-0.1, -0.05) is 47.5 Å². The zero-order chi connectivity index (χ0) is 21.7. The van der Waals surface area contributed by atoms with Crippen LogP contribution in [0, 0.1) is 17.0 Å². The molecule has 30 heavy (non-hydrogen) atoms. The summed E-state index contributed by atoms with van der Waals surface area (Å²) in [4.78, 5) is 11.7. The van der Waals surface area contributed by atoms with Crippen molar-refractivity contribution < 1.29 is 13.2 Å². The summed E-state index contributed by atoms with van der Waals surface area (Å²) in [5, 5.41) is 11.4. The third kappa shape index (κ3) is 5.53. The van der Waals surface area contributed by atoms with E-state index in [4.69, 9.17) is 23.2 Å². The Morgan fingerprint density at radius 2 is 1.67 bits per heavy atom. The molecule has 1 fully saturated rings. The largest absolute Gasteiger partial charge is 0.759 e. The number of carbonyl (C=O) groups is 1. The van der Waals surface area contributed by atoms with E-state index < -0.39 is 15.9 Å². The summed E-state index contributed by atoms with van der Waals surface area (Å²) < 4.78 is 28.3. The van der Waals surface area contributed by atoms with Crippen molar-refractivity contribution in [2.24, 2.45) is 11.8 Å². The molecular weight excluding hydrogens is 447 g/mol. The molecule has 0 radical (unpaired) electrons. The maximum Gasteiger partial charge on any atom is 0.244 e. The Morgan fingerprint density at radius 1 is 1.03 bits per heavy atom. The van der Waals surface area contributed by atoms with Crippen LogP contribution in [-0.4, -0.2) is 25.2 Å². The predicted molar refractivity (Wildman–Crippen MR) is 117 cm³/mol. The Kier molecular flexibility index (Phi) is 7.76. The summed E-state index contributed by atoms with van der Waals surface area (Å²) in [5.74, 6) is -0.705. The number of hydrogen-bond acceptors (Lipinski definition) is 4. The van der Waals surface area contributed by atoms with Gasteiger partial charge in [-0.05, 0) is 61.4 Å². The van der Waals surface area contributed by atoms with Gasteiger partial charge in [0.15, 0.2) is 0 Å². The third-order valence-electron chi connectivity index (χ3n) is 5.51. The van der Waals surface area contributed by atoms with Gasteiger partial charge in [0.05, 0.1) is 5.02 Å². The Morgan fingerprint density at radius 3 is 2.27 bits per heavy atom. The molecule has 0 unspecified atom stereocenters. The quantitative estimate of drug-likeness (QED) is 0.599. The van der Waals surface area contributed by atoms with Crippen molar-refractivity contribution in [3.8, 4) is 0 Å². The molecule has 1 saturated carbocycles. The normalized spacial score (nSPS) is 19.6. The standard InChI is InChI=1S/C21H23Cl2N2O4S/c22-18-11-7-16(8-12-18)14-25(30(28,29)20-4-2-1-3-19(20)23)13-15-5-9-17(10-6-15)21(26)24-27/h1-4,7-8,11-12,15,17H,5-6,9-10,13-14H2,(H-,24,26,27)/q-1. The number of nitrogens with zero attached hydrogens (tertiary/aromatic N) is 1. The number of rotatable bonds is 7. The molecule has 9 heteroatoms. The Hall–Kier alpha value is -1.64. The van der Waals surface area contributed by atoms with Gasteiger partial charge in [-0.25, -0.2) is 8.42 Å². The SMILES string of the molecule is O=C(N[O-])C1CCC(CN(Cc2ccc(Cl)cc2)S(=O)(=O)c2ccccc2Cl)CC1. The average Bonchev–Trinajstić information content (AvgIpc) is 2.75. The zero-order valence-electron chi connectivity index (χ0n) is 16.3. The summed E-state index contributed by atoms with van der Waals surface area (Å²) in [5.41, 5.74) is 2.27. The molecule has 1 aliphatic carbocycles. The molecule has 1 amide bonds. The molecule has 0 saturated heterocycles. The number of carbonyl (C=O) groups excluding carboxylic acids is 1. The van der Waals surface area contributed by atoms with Crippen molar-refractivity contribution in [3.05, 3.63) is 69.3 Å². The Labute approximate surface area is 186 Å². The second-order valence-electron chi connectivity index (χ2n) is 7.54. The first-order valence-corrected chi connectivity index (χ1v) is 11.9. The molecule has 1 aliphatic rings. The summed E-state index contributed by atoms with van der Waals surface area (Å²) in [6.07, 6.45) is 2.49. The predicted octanol–water partition coefficient (Wildman–Crippen LogP) is 4.60. The van der Waals surface area contributed by atoms with Gasteiger partial charge in [0.1, 0.15) is 4.90 Å². The number of hydroxylamine groups is 1. The molecule has 3 rings (SSSR count). The topological polar surface area (TPSA) is 89.5 Å². The zero-order valence-corrected chi connectivity index (χ0v) is 18.6. The van der Waals surface area contributed by atoms with Gasteiger partial charge in [-0.3, -0.25) is 4.79 Å². The highest BCUT2D eigenvalue weighted by Crippen LogP contribution is 2.32. The summed E-state index contributed by atoms with van der Waals surface area (Å²) in [6.45, 7) is 0.494. The van der Waals surface area contributed by atoms with Gasteiger partial charge in [0.25, 0.3) is 0 Å². The summed E-state index contributed by atoms with van der Waals surface area (Å²) in [7, 11) is -3.83. The number of halogens is 2. The van der Waals surface area contributed by atoms with Crippen LogP contribution in [0.3, 0.4) is 0 Å². The van der Waals surface area contributed by atoms with E-state index in [1.54, 1.807) is 42.5 Å². The van der Waals surface area contributed by atoms with Crippen LogP contribution in [0.2, 0.25) is 10.0 Å². The maximum atomic E-state index is 13.4. The van der Waals surface area contributed by atoms with Crippen LogP contribution in [0.4, 0.5) is 0 Å². The number of hydrogen-bond donors (Lipinski definition) is 1. The monoisotopic (exact) mass is 469 g/mol. The molecule has 6 nitrogen and oxygen atoms in total. The fourth-order valence-electron chi connectivity index (χ4n) is 3.81. The first-order valence-electron chi connectivity index (χ1n) is 9.72. The minimum atomic E-state index is -3.83. The first kappa shape index (κ1) is 23.0. The molecule has 0 aliphatic heterocycles. The number of benzene rings is 2. The Balaban J connectivity index is 1.82. The van der Waals surface area contributed by atoms with E-state index in [0.717, 1.165) is 5.56 Å². The molecule has 2 aromatic carbocycles. The number of sulfonamides is 1. The molecule has 0 heterocycles. The van der Waals surface area contributed by atoms with Gasteiger partial charge in [-0.2, -0.15) is 4.31 Å². The second kappa shape index (κ2) is 10.1. The van der Waals surface area contributed by atoms with E-state index in [1.807, 2.05) is 0 Å². The second-order valence-corrected chi connectivity index (χ2v) is 10.3. The van der Waals surface area contributed by atoms with Crippen LogP contribution in [0.25, 0.3) is 0 Å². The molecular formula is C21H23Cl2N2O4S-. The molecule has 162 valence electrons. The van der Waals surface area contributed by atoms with Crippen molar-refractivity contribution in [3.63, 3.8) is 0 Å². The van der Waals surface area contributed by atoms with E-state index in [0.29, 0.717) is 37.3 Å². The lowest BCUT2D eigenvalue weighted by Crippen LogP contribution is -2.37. The highest BCUT2D eigenvalue weighted by atomic mass is 35.5. The highest BCUT2D eigenvalue weighted by Gasteiger charge is 2.32. The van der Waals surface area contributed by atoms with Gasteiger partial charge in [0, 0.05) is 24.0 Å². The average molecular weight is 470 g/mol. The molecule has 1 N–H and O–H groups in total. The van der Waals surface area contributed by atoms with E-state index in [1.165, 1.54) is 15.9 Å². The van der Waals surface area contributed by atoms with Crippen molar-refractivity contribution in [1.29, 1.82) is 0 Å². The lowest BCUT2D eigenvalue weighted by Gasteiger charge is -2.32. The number of nitrogens with one attached hydrogen (secondary N) is 1. The molecule has 2 aromatic rings. The fraction of sp³-hybridized carbons (Fsp3) is 0.381. The fourth-order valence-corrected chi connectivity index (χ4v) is 5.94. The van der Waals surface area contributed by atoms with Gasteiger partial charge in [0.2, 0.25) is 15.9 Å². The lowest BCUT2D eigenvalue weighted by atomic mass is 9.81. The van der Waals surface area contributed by atoms with Crippen molar-refractivity contribution in [2.45, 2.75) is 37.1 Å². The van der Waals surface area contributed by atoms with E-state index in [-0.39, 0.29) is 28.3 Å². The smallest absolute Gasteiger partial charge is 0.244 e. The molecule has 0 bridgehead atoms. The van der Waals surface area contributed by atoms with Gasteiger partial charge >= 0.3 is 0 Å². The molecule has 0 atom stereocenters.